The van der Waals surface area contributed by atoms with E-state index in [1.54, 1.807) is 12.1 Å². The third-order valence-corrected chi connectivity index (χ3v) is 5.36. The van der Waals surface area contributed by atoms with Crippen molar-refractivity contribution in [3.05, 3.63) is 52.0 Å². The van der Waals surface area contributed by atoms with Gasteiger partial charge in [-0.05, 0) is 55.3 Å². The van der Waals surface area contributed by atoms with E-state index in [1.165, 1.54) is 11.5 Å². The van der Waals surface area contributed by atoms with Crippen molar-refractivity contribution in [1.29, 1.82) is 0 Å². The molecule has 1 saturated heterocycles. The van der Waals surface area contributed by atoms with Gasteiger partial charge in [0.1, 0.15) is 0 Å². The van der Waals surface area contributed by atoms with E-state index in [0.717, 1.165) is 30.5 Å². The van der Waals surface area contributed by atoms with Gasteiger partial charge >= 0.3 is 5.97 Å². The van der Waals surface area contributed by atoms with E-state index in [4.69, 9.17) is 0 Å². The molecule has 0 bridgehead atoms. The Bertz CT molecular complexity index is 748. The van der Waals surface area contributed by atoms with E-state index in [-0.39, 0.29) is 5.91 Å². The van der Waals surface area contributed by atoms with Crippen LogP contribution in [0.5, 0.6) is 0 Å². The van der Waals surface area contributed by atoms with Crippen molar-refractivity contribution in [3.63, 3.8) is 0 Å². The number of piperidine rings is 1. The number of carboxylic acids is 1. The molecular weight excluding hydrogens is 324 g/mol. The van der Waals surface area contributed by atoms with Crippen LogP contribution >= 0.6 is 11.5 Å². The van der Waals surface area contributed by atoms with Crippen molar-refractivity contribution in [2.24, 2.45) is 5.92 Å². The maximum Gasteiger partial charge on any atom is 0.335 e. The van der Waals surface area contributed by atoms with Gasteiger partial charge in [0.15, 0.2) is 0 Å². The molecule has 1 aliphatic rings. The number of benzene rings is 1. The normalized spacial score (nSPS) is 15.5. The molecule has 24 heavy (non-hydrogen) atoms. The summed E-state index contributed by atoms with van der Waals surface area (Å²) >= 11 is 1.31. The first-order valence-corrected chi connectivity index (χ1v) is 8.91. The van der Waals surface area contributed by atoms with Crippen LogP contribution in [0.2, 0.25) is 0 Å². The largest absolute Gasteiger partial charge is 0.478 e. The summed E-state index contributed by atoms with van der Waals surface area (Å²) in [5, 5.41) is 11.1. The van der Waals surface area contributed by atoms with Crippen LogP contribution in [0.15, 0.2) is 29.6 Å². The fraction of sp³-hybridized carbons (Fsp3) is 0.389. The smallest absolute Gasteiger partial charge is 0.335 e. The highest BCUT2D eigenvalue weighted by molar-refractivity contribution is 7.03. The lowest BCUT2D eigenvalue weighted by Crippen LogP contribution is -2.39. The molecule has 2 aromatic rings. The van der Waals surface area contributed by atoms with E-state index in [9.17, 15) is 14.7 Å². The summed E-state index contributed by atoms with van der Waals surface area (Å²) in [4.78, 5) is 25.7. The van der Waals surface area contributed by atoms with Crippen LogP contribution in [0.1, 0.15) is 44.8 Å². The van der Waals surface area contributed by atoms with Gasteiger partial charge in [0, 0.05) is 18.5 Å². The van der Waals surface area contributed by atoms with Crippen LogP contribution in [0.4, 0.5) is 0 Å². The second kappa shape index (κ2) is 7.13. The number of aromatic nitrogens is 1. The number of aryl methyl sites for hydroxylation is 1. The number of aromatic carboxylic acids is 1. The molecule has 5 nitrogen and oxygen atoms in total. The van der Waals surface area contributed by atoms with Crippen molar-refractivity contribution < 1.29 is 14.7 Å². The summed E-state index contributed by atoms with van der Waals surface area (Å²) in [7, 11) is 0. The molecule has 0 atom stereocenters. The molecule has 0 radical (unpaired) electrons. The van der Waals surface area contributed by atoms with Crippen molar-refractivity contribution in [2.45, 2.75) is 26.2 Å². The molecule has 0 saturated carbocycles. The van der Waals surface area contributed by atoms with Crippen LogP contribution in [0.3, 0.4) is 0 Å². The molecule has 0 spiro atoms. The number of amides is 1. The first-order chi connectivity index (χ1) is 11.6. The Morgan fingerprint density at radius 3 is 2.58 bits per heavy atom. The fourth-order valence-electron chi connectivity index (χ4n) is 3.23. The topological polar surface area (TPSA) is 70.5 Å². The third-order valence-electron chi connectivity index (χ3n) is 4.64. The second-order valence-corrected chi connectivity index (χ2v) is 6.84. The Balaban J connectivity index is 1.61. The molecule has 3 rings (SSSR count). The number of hydrogen-bond acceptors (Lipinski definition) is 4. The SMILES string of the molecule is Cc1nscc1C(=O)N1CCC(Cc2ccccc2C(=O)O)CC1. The minimum absolute atomic E-state index is 0.0608. The fourth-order valence-corrected chi connectivity index (χ4v) is 3.91. The molecule has 1 N–H and O–H groups in total. The van der Waals surface area contributed by atoms with Crippen LogP contribution in [0.25, 0.3) is 0 Å². The molecule has 1 aliphatic heterocycles. The van der Waals surface area contributed by atoms with Crippen molar-refractivity contribution in [1.82, 2.24) is 9.27 Å². The van der Waals surface area contributed by atoms with E-state index in [1.807, 2.05) is 29.3 Å². The predicted octanol–water partition coefficient (Wildman–Crippen LogP) is 3.24. The summed E-state index contributed by atoms with van der Waals surface area (Å²) < 4.78 is 4.17. The van der Waals surface area contributed by atoms with Gasteiger partial charge in [0.05, 0.1) is 16.8 Å². The zero-order chi connectivity index (χ0) is 17.1. The zero-order valence-electron chi connectivity index (χ0n) is 13.6. The molecule has 2 heterocycles. The first-order valence-electron chi connectivity index (χ1n) is 8.07. The highest BCUT2D eigenvalue weighted by Gasteiger charge is 2.26. The lowest BCUT2D eigenvalue weighted by Gasteiger charge is -2.32. The minimum Gasteiger partial charge on any atom is -0.478 e. The van der Waals surface area contributed by atoms with Crippen LogP contribution in [-0.2, 0) is 6.42 Å². The molecule has 1 aromatic carbocycles. The van der Waals surface area contributed by atoms with Crippen molar-refractivity contribution in [3.8, 4) is 0 Å². The van der Waals surface area contributed by atoms with Gasteiger partial charge < -0.3 is 10.0 Å². The lowest BCUT2D eigenvalue weighted by atomic mass is 9.88. The zero-order valence-corrected chi connectivity index (χ0v) is 14.4. The van der Waals surface area contributed by atoms with Gasteiger partial charge in [-0.15, -0.1) is 0 Å². The summed E-state index contributed by atoms with van der Waals surface area (Å²) in [6, 6.07) is 7.18. The predicted molar refractivity (Wildman–Crippen MR) is 92.6 cm³/mol. The maximum absolute atomic E-state index is 12.5. The summed E-state index contributed by atoms with van der Waals surface area (Å²) in [6.45, 7) is 3.29. The molecule has 1 fully saturated rings. The number of carboxylic acid groups (broad SMARTS) is 1. The molecular formula is C18H20N2O3S. The first kappa shape index (κ1) is 16.6. The van der Waals surface area contributed by atoms with Crippen molar-refractivity contribution >= 4 is 23.4 Å². The van der Waals surface area contributed by atoms with Gasteiger partial charge in [-0.1, -0.05) is 18.2 Å². The Morgan fingerprint density at radius 1 is 1.25 bits per heavy atom. The second-order valence-electron chi connectivity index (χ2n) is 6.22. The summed E-state index contributed by atoms with van der Waals surface area (Å²) in [6.07, 6.45) is 2.55. The number of carbonyl (C=O) groups is 2. The molecule has 126 valence electrons. The number of likely N-dealkylation sites (tertiary alicyclic amines) is 1. The van der Waals surface area contributed by atoms with E-state index in [0.29, 0.717) is 30.1 Å². The molecule has 0 aliphatic carbocycles. The molecule has 1 amide bonds. The van der Waals surface area contributed by atoms with Gasteiger partial charge in [0.25, 0.3) is 5.91 Å². The number of rotatable bonds is 4. The maximum atomic E-state index is 12.5. The monoisotopic (exact) mass is 344 g/mol. The Kier molecular flexibility index (Phi) is 4.94. The Morgan fingerprint density at radius 2 is 1.96 bits per heavy atom. The standard InChI is InChI=1S/C18H20N2O3S/c1-12-16(11-24-19-12)17(21)20-8-6-13(7-9-20)10-14-4-2-3-5-15(14)18(22)23/h2-5,11,13H,6-10H2,1H3,(H,22,23). The summed E-state index contributed by atoms with van der Waals surface area (Å²) in [5.41, 5.74) is 2.76. The number of carbonyl (C=O) groups excluding carboxylic acids is 1. The molecule has 1 aromatic heterocycles. The minimum atomic E-state index is -0.876. The van der Waals surface area contributed by atoms with Gasteiger partial charge in [-0.3, -0.25) is 4.79 Å². The van der Waals surface area contributed by atoms with E-state index in [2.05, 4.69) is 4.37 Å². The number of hydrogen-bond donors (Lipinski definition) is 1. The Labute approximate surface area is 145 Å². The van der Waals surface area contributed by atoms with Crippen LogP contribution in [0, 0.1) is 12.8 Å². The van der Waals surface area contributed by atoms with E-state index >= 15 is 0 Å². The highest BCUT2D eigenvalue weighted by atomic mass is 32.1. The van der Waals surface area contributed by atoms with Crippen LogP contribution in [-0.4, -0.2) is 39.3 Å². The quantitative estimate of drug-likeness (QED) is 0.924. The third kappa shape index (κ3) is 3.48. The van der Waals surface area contributed by atoms with Gasteiger partial charge in [0.2, 0.25) is 0 Å². The van der Waals surface area contributed by atoms with Gasteiger partial charge in [-0.25, -0.2) is 4.79 Å². The average molecular weight is 344 g/mol. The average Bonchev–Trinajstić information content (AvgIpc) is 3.01. The summed E-state index contributed by atoms with van der Waals surface area (Å²) in [5.74, 6) is -0.402. The Hall–Kier alpha value is -2.21. The van der Waals surface area contributed by atoms with E-state index < -0.39 is 5.97 Å². The number of nitrogens with zero attached hydrogens (tertiary/aromatic N) is 2. The lowest BCUT2D eigenvalue weighted by molar-refractivity contribution is 0.0690. The molecule has 0 unspecified atom stereocenters. The van der Waals surface area contributed by atoms with Gasteiger partial charge in [-0.2, -0.15) is 4.37 Å². The van der Waals surface area contributed by atoms with Crippen LogP contribution < -0.4 is 0 Å². The van der Waals surface area contributed by atoms with Crippen molar-refractivity contribution in [2.75, 3.05) is 13.1 Å². The highest BCUT2D eigenvalue weighted by Crippen LogP contribution is 2.25. The molecule has 6 heteroatoms.